The maximum absolute atomic E-state index is 13.5. The third-order valence-corrected chi connectivity index (χ3v) is 6.12. The smallest absolute Gasteiger partial charge is 0.420 e. The molecule has 0 saturated carbocycles. The number of nitro groups is 1. The van der Waals surface area contributed by atoms with Crippen LogP contribution in [0.25, 0.3) is 0 Å². The number of anilines is 1. The van der Waals surface area contributed by atoms with Gasteiger partial charge in [0.15, 0.2) is 0 Å². The van der Waals surface area contributed by atoms with Crippen LogP contribution < -0.4 is 10.1 Å². The third kappa shape index (κ3) is 8.29. The molecule has 0 amide bonds. The highest BCUT2D eigenvalue weighted by Crippen LogP contribution is 2.49. The lowest BCUT2D eigenvalue weighted by molar-refractivity contribution is -0.384. The molecule has 1 rings (SSSR count). The van der Waals surface area contributed by atoms with Crippen molar-refractivity contribution in [2.75, 3.05) is 51.1 Å². The molecule has 1 aromatic carbocycles. The molecule has 0 spiro atoms. The number of halogens is 3. The molecule has 0 bridgehead atoms. The summed E-state index contributed by atoms with van der Waals surface area (Å²) in [6, 6.07) is 1.30. The predicted octanol–water partition coefficient (Wildman–Crippen LogP) is 4.97. The van der Waals surface area contributed by atoms with E-state index in [1.54, 1.807) is 13.8 Å². The first kappa shape index (κ1) is 27.2. The zero-order chi connectivity index (χ0) is 23.7. The van der Waals surface area contributed by atoms with Gasteiger partial charge >= 0.3 is 13.8 Å². The number of benzene rings is 1. The number of nitro benzene ring substituents is 1. The molecule has 0 radical (unpaired) electrons. The molecule has 1 aromatic rings. The van der Waals surface area contributed by atoms with Gasteiger partial charge in [0.2, 0.25) is 0 Å². The first-order chi connectivity index (χ1) is 14.5. The Labute approximate surface area is 179 Å². The summed E-state index contributed by atoms with van der Waals surface area (Å²) >= 11 is 0. The van der Waals surface area contributed by atoms with Crippen LogP contribution >= 0.6 is 7.60 Å². The highest BCUT2D eigenvalue weighted by molar-refractivity contribution is 7.53. The Bertz CT molecular complexity index is 765. The maximum atomic E-state index is 13.5. The molecule has 0 fully saturated rings. The Kier molecular flexibility index (Phi) is 10.7. The molecule has 31 heavy (non-hydrogen) atoms. The van der Waals surface area contributed by atoms with Gasteiger partial charge in [-0.05, 0) is 26.9 Å². The van der Waals surface area contributed by atoms with Gasteiger partial charge in [-0.3, -0.25) is 14.7 Å². The van der Waals surface area contributed by atoms with Gasteiger partial charge in [-0.1, -0.05) is 13.8 Å². The zero-order valence-electron chi connectivity index (χ0n) is 18.0. The van der Waals surface area contributed by atoms with Crippen LogP contribution in [-0.4, -0.2) is 55.6 Å². The molecule has 0 aliphatic rings. The standard InChI is InChI=1S/C18H29F3N3O6P/c1-5-23(6-2)9-10-28-17-12-15(22-13-31(27,29-7-3)30-8-4)16(24(25)26)11-14(17)18(19,20)21/h11-12,22H,5-10,13H2,1-4H3. The Morgan fingerprint density at radius 3 is 2.16 bits per heavy atom. The first-order valence-electron chi connectivity index (χ1n) is 9.88. The minimum absolute atomic E-state index is 0.0433. The molecule has 0 aliphatic heterocycles. The van der Waals surface area contributed by atoms with Crippen molar-refractivity contribution >= 4 is 19.0 Å². The van der Waals surface area contributed by atoms with E-state index in [9.17, 15) is 27.9 Å². The van der Waals surface area contributed by atoms with Crippen molar-refractivity contribution in [3.05, 3.63) is 27.8 Å². The van der Waals surface area contributed by atoms with Crippen LogP contribution in [0.1, 0.15) is 33.3 Å². The van der Waals surface area contributed by atoms with Crippen molar-refractivity contribution in [2.24, 2.45) is 0 Å². The Hall–Kier alpha value is -1.88. The lowest BCUT2D eigenvalue weighted by Gasteiger charge is -2.21. The predicted molar refractivity (Wildman–Crippen MR) is 111 cm³/mol. The van der Waals surface area contributed by atoms with E-state index in [-0.39, 0.29) is 25.5 Å². The lowest BCUT2D eigenvalue weighted by Crippen LogP contribution is -2.28. The number of hydrogen-bond donors (Lipinski definition) is 1. The van der Waals surface area contributed by atoms with Crippen LogP contribution in [0.4, 0.5) is 24.5 Å². The average Bonchev–Trinajstić information content (AvgIpc) is 2.69. The van der Waals surface area contributed by atoms with Crippen LogP contribution in [0.3, 0.4) is 0 Å². The van der Waals surface area contributed by atoms with E-state index in [1.165, 1.54) is 0 Å². The summed E-state index contributed by atoms with van der Waals surface area (Å²) in [5.74, 6) is -0.560. The fourth-order valence-electron chi connectivity index (χ4n) is 2.73. The summed E-state index contributed by atoms with van der Waals surface area (Å²) in [5.41, 5.74) is -2.37. The van der Waals surface area contributed by atoms with Crippen LogP contribution in [0.5, 0.6) is 5.75 Å². The largest absolute Gasteiger partial charge is 0.492 e. The molecular formula is C18H29F3N3O6P. The molecule has 13 heteroatoms. The van der Waals surface area contributed by atoms with Crippen LogP contribution in [0.2, 0.25) is 0 Å². The second-order valence-corrected chi connectivity index (χ2v) is 8.33. The summed E-state index contributed by atoms with van der Waals surface area (Å²) in [6.07, 6.45) is -5.32. The topological polar surface area (TPSA) is 103 Å². The Morgan fingerprint density at radius 1 is 1.13 bits per heavy atom. The van der Waals surface area contributed by atoms with E-state index in [0.29, 0.717) is 25.7 Å². The van der Waals surface area contributed by atoms with Gasteiger partial charge in [0, 0.05) is 18.7 Å². The van der Waals surface area contributed by atoms with Crippen molar-refractivity contribution in [1.29, 1.82) is 0 Å². The number of nitrogens with zero attached hydrogens (tertiary/aromatic N) is 2. The van der Waals surface area contributed by atoms with Crippen molar-refractivity contribution in [3.63, 3.8) is 0 Å². The average molecular weight is 471 g/mol. The van der Waals surface area contributed by atoms with Gasteiger partial charge in [-0.15, -0.1) is 0 Å². The number of rotatable bonds is 14. The Morgan fingerprint density at radius 2 is 1.71 bits per heavy atom. The molecule has 0 atom stereocenters. The SMILES string of the molecule is CCOP(=O)(CNc1cc(OCCN(CC)CC)c(C(F)(F)F)cc1[N+](=O)[O-])OCC. The normalized spacial score (nSPS) is 12.3. The summed E-state index contributed by atoms with van der Waals surface area (Å²) in [6.45, 7) is 8.86. The molecule has 0 saturated heterocycles. The van der Waals surface area contributed by atoms with Gasteiger partial charge in [-0.2, -0.15) is 13.2 Å². The molecule has 0 unspecified atom stereocenters. The van der Waals surface area contributed by atoms with Crippen molar-refractivity contribution in [1.82, 2.24) is 4.90 Å². The number of alkyl halides is 3. The second-order valence-electron chi connectivity index (χ2n) is 6.28. The fraction of sp³-hybridized carbons (Fsp3) is 0.667. The molecule has 0 aliphatic carbocycles. The van der Waals surface area contributed by atoms with Crippen molar-refractivity contribution < 1.29 is 36.4 Å². The second kappa shape index (κ2) is 12.2. The molecule has 0 heterocycles. The van der Waals surface area contributed by atoms with Gasteiger partial charge in [0.05, 0.1) is 18.1 Å². The number of likely N-dealkylation sites (N-methyl/N-ethyl adjacent to an activating group) is 1. The molecule has 9 nitrogen and oxygen atoms in total. The molecule has 178 valence electrons. The van der Waals surface area contributed by atoms with E-state index in [1.807, 2.05) is 18.7 Å². The molecule has 0 aromatic heterocycles. The van der Waals surface area contributed by atoms with Crippen LogP contribution in [0, 0.1) is 10.1 Å². The lowest BCUT2D eigenvalue weighted by atomic mass is 10.1. The van der Waals surface area contributed by atoms with E-state index < -0.39 is 42.0 Å². The summed E-state index contributed by atoms with van der Waals surface area (Å²) in [4.78, 5) is 12.4. The van der Waals surface area contributed by atoms with Gasteiger partial charge in [-0.25, -0.2) is 0 Å². The van der Waals surface area contributed by atoms with E-state index >= 15 is 0 Å². The minimum atomic E-state index is -4.86. The monoisotopic (exact) mass is 471 g/mol. The highest BCUT2D eigenvalue weighted by Gasteiger charge is 2.38. The van der Waals surface area contributed by atoms with Gasteiger partial charge in [0.1, 0.15) is 29.9 Å². The van der Waals surface area contributed by atoms with Crippen molar-refractivity contribution in [3.8, 4) is 5.75 Å². The highest BCUT2D eigenvalue weighted by atomic mass is 31.2. The molecular weight excluding hydrogens is 442 g/mol. The fourth-order valence-corrected chi connectivity index (χ4v) is 4.14. The van der Waals surface area contributed by atoms with Crippen LogP contribution in [0.15, 0.2) is 12.1 Å². The van der Waals surface area contributed by atoms with E-state index in [0.717, 1.165) is 6.07 Å². The summed E-state index contributed by atoms with van der Waals surface area (Å²) in [7, 11) is -3.64. The number of nitrogens with one attached hydrogen (secondary N) is 1. The zero-order valence-corrected chi connectivity index (χ0v) is 18.9. The summed E-state index contributed by atoms with van der Waals surface area (Å²) < 4.78 is 68.6. The Balaban J connectivity index is 3.26. The number of hydrogen-bond acceptors (Lipinski definition) is 8. The molecule has 1 N–H and O–H groups in total. The van der Waals surface area contributed by atoms with E-state index in [2.05, 4.69) is 5.32 Å². The maximum Gasteiger partial charge on any atom is 0.420 e. The quantitative estimate of drug-likeness (QED) is 0.231. The van der Waals surface area contributed by atoms with Crippen molar-refractivity contribution in [2.45, 2.75) is 33.9 Å². The van der Waals surface area contributed by atoms with Gasteiger partial charge in [0.25, 0.3) is 5.69 Å². The number of ether oxygens (including phenoxy) is 1. The summed E-state index contributed by atoms with van der Waals surface area (Å²) in [5, 5.41) is 13.9. The minimum Gasteiger partial charge on any atom is -0.492 e. The first-order valence-corrected chi connectivity index (χ1v) is 11.6. The van der Waals surface area contributed by atoms with Crippen LogP contribution in [-0.2, 0) is 19.8 Å². The third-order valence-electron chi connectivity index (χ3n) is 4.27. The van der Waals surface area contributed by atoms with E-state index in [4.69, 9.17) is 13.8 Å². The van der Waals surface area contributed by atoms with Gasteiger partial charge < -0.3 is 24.0 Å².